The van der Waals surface area contributed by atoms with Crippen molar-refractivity contribution in [3.8, 4) is 0 Å². The highest BCUT2D eigenvalue weighted by Crippen LogP contribution is 1.94. The van der Waals surface area contributed by atoms with E-state index in [9.17, 15) is 9.59 Å². The molecule has 16 heavy (non-hydrogen) atoms. The van der Waals surface area contributed by atoms with Crippen LogP contribution in [0, 0.1) is 0 Å². The summed E-state index contributed by atoms with van der Waals surface area (Å²) >= 11 is 0. The van der Waals surface area contributed by atoms with Gasteiger partial charge in [-0.3, -0.25) is 13.9 Å². The normalized spacial score (nSPS) is 12.7. The van der Waals surface area contributed by atoms with Crippen molar-refractivity contribution in [2.45, 2.75) is 39.5 Å². The first-order valence-corrected chi connectivity index (χ1v) is 5.25. The fraction of sp³-hybridized carbons (Fsp3) is 0.600. The lowest BCUT2D eigenvalue weighted by Crippen LogP contribution is -2.41. The van der Waals surface area contributed by atoms with Crippen LogP contribution in [0.25, 0.3) is 0 Å². The molecule has 6 heteroatoms. The Kier molecular flexibility index (Phi) is 3.89. The van der Waals surface area contributed by atoms with Gasteiger partial charge in [0, 0.05) is 19.3 Å². The van der Waals surface area contributed by atoms with Crippen LogP contribution >= 0.6 is 0 Å². The van der Waals surface area contributed by atoms with Crippen molar-refractivity contribution in [1.82, 2.24) is 9.13 Å². The molecule has 0 fully saturated rings. The number of aryl methyl sites for hydroxylation is 1. The highest BCUT2D eigenvalue weighted by molar-refractivity contribution is 5.30. The van der Waals surface area contributed by atoms with Crippen molar-refractivity contribution in [3.05, 3.63) is 27.0 Å². The third-order valence-electron chi connectivity index (χ3n) is 2.37. The lowest BCUT2D eigenvalue weighted by Gasteiger charge is -2.10. The molecule has 3 N–H and O–H groups in total. The van der Waals surface area contributed by atoms with E-state index in [0.717, 1.165) is 4.57 Å². The molecule has 1 unspecified atom stereocenters. The predicted molar refractivity (Wildman–Crippen MR) is 61.3 cm³/mol. The van der Waals surface area contributed by atoms with E-state index in [1.165, 1.54) is 10.8 Å². The number of aliphatic hydroxyl groups is 1. The van der Waals surface area contributed by atoms with Crippen molar-refractivity contribution in [3.63, 3.8) is 0 Å². The Balaban J connectivity index is 3.20. The SMILES string of the molecule is CCn1cc(N)c(=O)n(CCC(C)O)c1=O. The number of nitrogens with two attached hydrogens (primary N) is 1. The maximum Gasteiger partial charge on any atom is 0.331 e. The lowest BCUT2D eigenvalue weighted by atomic mass is 10.3. The largest absolute Gasteiger partial charge is 0.393 e. The van der Waals surface area contributed by atoms with E-state index in [-0.39, 0.29) is 17.9 Å². The van der Waals surface area contributed by atoms with E-state index in [1.807, 2.05) is 0 Å². The molecule has 0 amide bonds. The minimum Gasteiger partial charge on any atom is -0.393 e. The van der Waals surface area contributed by atoms with Gasteiger partial charge in [-0.15, -0.1) is 0 Å². The second-order valence-corrected chi connectivity index (χ2v) is 3.75. The number of rotatable bonds is 4. The molecule has 0 bridgehead atoms. The molecule has 90 valence electrons. The van der Waals surface area contributed by atoms with Crippen LogP contribution in [-0.4, -0.2) is 20.3 Å². The van der Waals surface area contributed by atoms with Gasteiger partial charge in [0.05, 0.1) is 6.10 Å². The fourth-order valence-corrected chi connectivity index (χ4v) is 1.42. The summed E-state index contributed by atoms with van der Waals surface area (Å²) in [7, 11) is 0. The predicted octanol–water partition coefficient (Wildman–Crippen LogP) is -0.617. The standard InChI is InChI=1S/C10H17N3O3/c1-3-12-6-8(11)9(15)13(10(12)16)5-4-7(2)14/h6-7,14H,3-5,11H2,1-2H3. The minimum atomic E-state index is -0.553. The van der Waals surface area contributed by atoms with Crippen molar-refractivity contribution in [2.24, 2.45) is 0 Å². The van der Waals surface area contributed by atoms with E-state index in [4.69, 9.17) is 10.8 Å². The van der Waals surface area contributed by atoms with Crippen LogP contribution in [0.4, 0.5) is 5.69 Å². The van der Waals surface area contributed by atoms with Crippen LogP contribution in [-0.2, 0) is 13.1 Å². The van der Waals surface area contributed by atoms with Gasteiger partial charge in [-0.05, 0) is 20.3 Å². The lowest BCUT2D eigenvalue weighted by molar-refractivity contribution is 0.176. The maximum absolute atomic E-state index is 11.8. The highest BCUT2D eigenvalue weighted by Gasteiger charge is 2.09. The van der Waals surface area contributed by atoms with Crippen LogP contribution in [0.15, 0.2) is 15.8 Å². The van der Waals surface area contributed by atoms with Crippen molar-refractivity contribution in [1.29, 1.82) is 0 Å². The summed E-state index contributed by atoms with van der Waals surface area (Å²) in [5.41, 5.74) is 4.69. The Morgan fingerprint density at radius 2 is 2.12 bits per heavy atom. The zero-order valence-corrected chi connectivity index (χ0v) is 9.51. The average Bonchev–Trinajstić information content (AvgIpc) is 2.23. The minimum absolute atomic E-state index is 0.0482. The summed E-state index contributed by atoms with van der Waals surface area (Å²) in [6.45, 7) is 4.04. The number of hydrogen-bond donors (Lipinski definition) is 2. The summed E-state index contributed by atoms with van der Waals surface area (Å²) in [5.74, 6) is 0. The van der Waals surface area contributed by atoms with Gasteiger partial charge in [-0.25, -0.2) is 4.79 Å². The maximum atomic E-state index is 11.8. The Morgan fingerprint density at radius 3 is 2.62 bits per heavy atom. The molecule has 1 aromatic heterocycles. The first-order valence-electron chi connectivity index (χ1n) is 5.25. The van der Waals surface area contributed by atoms with Gasteiger partial charge < -0.3 is 10.8 Å². The summed E-state index contributed by atoms with van der Waals surface area (Å²) in [4.78, 5) is 23.4. The van der Waals surface area contributed by atoms with Crippen molar-refractivity contribution in [2.75, 3.05) is 5.73 Å². The summed E-state index contributed by atoms with van der Waals surface area (Å²) in [6, 6.07) is 0. The molecule has 1 atom stereocenters. The first kappa shape index (κ1) is 12.5. The van der Waals surface area contributed by atoms with Gasteiger partial charge in [-0.1, -0.05) is 0 Å². The number of anilines is 1. The van der Waals surface area contributed by atoms with E-state index < -0.39 is 11.7 Å². The van der Waals surface area contributed by atoms with Gasteiger partial charge in [0.1, 0.15) is 5.69 Å². The number of nitrogens with zero attached hydrogens (tertiary/aromatic N) is 2. The average molecular weight is 227 g/mol. The van der Waals surface area contributed by atoms with Crippen molar-refractivity contribution < 1.29 is 5.11 Å². The highest BCUT2D eigenvalue weighted by atomic mass is 16.3. The second-order valence-electron chi connectivity index (χ2n) is 3.75. The molecule has 0 spiro atoms. The van der Waals surface area contributed by atoms with Crippen LogP contribution < -0.4 is 17.0 Å². The first-order chi connectivity index (χ1) is 7.47. The Hall–Kier alpha value is -1.56. The number of nitrogen functional groups attached to an aromatic ring is 1. The molecular formula is C10H17N3O3. The van der Waals surface area contributed by atoms with Crippen LogP contribution in [0.5, 0.6) is 0 Å². The van der Waals surface area contributed by atoms with Gasteiger partial charge in [0.25, 0.3) is 5.56 Å². The Morgan fingerprint density at radius 1 is 1.50 bits per heavy atom. The number of hydrogen-bond acceptors (Lipinski definition) is 4. The van der Waals surface area contributed by atoms with Gasteiger partial charge in [-0.2, -0.15) is 0 Å². The number of aromatic nitrogens is 2. The Labute approximate surface area is 92.9 Å². The fourth-order valence-electron chi connectivity index (χ4n) is 1.42. The van der Waals surface area contributed by atoms with E-state index in [2.05, 4.69) is 0 Å². The molecular weight excluding hydrogens is 210 g/mol. The van der Waals surface area contributed by atoms with Crippen molar-refractivity contribution >= 4 is 5.69 Å². The van der Waals surface area contributed by atoms with E-state index in [1.54, 1.807) is 13.8 Å². The summed E-state index contributed by atoms with van der Waals surface area (Å²) < 4.78 is 2.43. The number of aliphatic hydroxyl groups excluding tert-OH is 1. The summed E-state index contributed by atoms with van der Waals surface area (Å²) in [5, 5.41) is 9.14. The van der Waals surface area contributed by atoms with Gasteiger partial charge in [0.15, 0.2) is 0 Å². The quantitative estimate of drug-likeness (QED) is 0.717. The molecule has 0 aromatic carbocycles. The molecule has 1 heterocycles. The van der Waals surface area contributed by atoms with Gasteiger partial charge in [0.2, 0.25) is 0 Å². The molecule has 1 rings (SSSR count). The molecule has 1 aromatic rings. The van der Waals surface area contributed by atoms with E-state index >= 15 is 0 Å². The van der Waals surface area contributed by atoms with E-state index in [0.29, 0.717) is 13.0 Å². The monoisotopic (exact) mass is 227 g/mol. The molecule has 0 saturated heterocycles. The zero-order chi connectivity index (χ0) is 12.3. The smallest absolute Gasteiger partial charge is 0.331 e. The topological polar surface area (TPSA) is 90.2 Å². The molecule has 0 aliphatic rings. The molecule has 0 radical (unpaired) electrons. The second kappa shape index (κ2) is 4.98. The summed E-state index contributed by atoms with van der Waals surface area (Å²) in [6.07, 6.45) is 1.15. The molecule has 0 saturated carbocycles. The molecule has 0 aliphatic heterocycles. The zero-order valence-electron chi connectivity index (χ0n) is 9.51. The van der Waals surface area contributed by atoms with Crippen LogP contribution in [0.3, 0.4) is 0 Å². The molecule has 0 aliphatic carbocycles. The third kappa shape index (κ3) is 2.52. The van der Waals surface area contributed by atoms with Crippen LogP contribution in [0.1, 0.15) is 20.3 Å². The Bertz CT molecular complexity index is 473. The van der Waals surface area contributed by atoms with Gasteiger partial charge >= 0.3 is 5.69 Å². The molecule has 6 nitrogen and oxygen atoms in total. The van der Waals surface area contributed by atoms with Crippen LogP contribution in [0.2, 0.25) is 0 Å². The third-order valence-corrected chi connectivity index (χ3v) is 2.37.